The summed E-state index contributed by atoms with van der Waals surface area (Å²) in [5.74, 6) is 0. The third kappa shape index (κ3) is 5.32. The van der Waals surface area contributed by atoms with E-state index in [0.717, 1.165) is 55.5 Å². The number of benzene rings is 9. The first-order valence-corrected chi connectivity index (χ1v) is 19.5. The van der Waals surface area contributed by atoms with Crippen LogP contribution in [0.1, 0.15) is 0 Å². The summed E-state index contributed by atoms with van der Waals surface area (Å²) in [6.07, 6.45) is 0. The second kappa shape index (κ2) is 12.9. The van der Waals surface area contributed by atoms with Gasteiger partial charge in [0.15, 0.2) is 0 Å². The molecule has 0 radical (unpaired) electrons. The first kappa shape index (κ1) is 31.6. The second-order valence-corrected chi connectivity index (χ2v) is 15.1. The number of nitrogens with zero attached hydrogens (tertiary/aromatic N) is 1. The summed E-state index contributed by atoms with van der Waals surface area (Å²) < 4.78 is 9.28. The molecule has 0 aliphatic carbocycles. The van der Waals surface area contributed by atoms with Crippen LogP contribution in [0.25, 0.3) is 86.3 Å². The molecule has 0 amide bonds. The Kier molecular flexibility index (Phi) is 7.39. The molecule has 11 rings (SSSR count). The third-order valence-corrected chi connectivity index (χ3v) is 12.0. The molecule has 3 heteroatoms. The second-order valence-electron chi connectivity index (χ2n) is 14.1. The molecular weight excluding hydrogens is 687 g/mol. The average Bonchev–Trinajstić information content (AvgIpc) is 3.83. The fourth-order valence-corrected chi connectivity index (χ4v) is 9.33. The lowest BCUT2D eigenvalue weighted by Crippen LogP contribution is -2.11. The maximum Gasteiger partial charge on any atom is 0.143 e. The van der Waals surface area contributed by atoms with E-state index in [1.165, 1.54) is 47.8 Å². The summed E-state index contributed by atoms with van der Waals surface area (Å²) in [7, 11) is 0. The lowest BCUT2D eigenvalue weighted by molar-refractivity contribution is 0.673. The highest BCUT2D eigenvalue weighted by Crippen LogP contribution is 2.46. The molecule has 258 valence electrons. The molecule has 9 aromatic carbocycles. The Balaban J connectivity index is 1.07. The van der Waals surface area contributed by atoms with Crippen molar-refractivity contribution in [1.29, 1.82) is 0 Å². The van der Waals surface area contributed by atoms with E-state index in [2.05, 4.69) is 205 Å². The van der Waals surface area contributed by atoms with Gasteiger partial charge in [-0.1, -0.05) is 140 Å². The highest BCUT2D eigenvalue weighted by molar-refractivity contribution is 7.25. The molecule has 0 saturated heterocycles. The highest BCUT2D eigenvalue weighted by Gasteiger charge is 2.21. The van der Waals surface area contributed by atoms with Gasteiger partial charge in [0.25, 0.3) is 0 Å². The van der Waals surface area contributed by atoms with Gasteiger partial charge < -0.3 is 9.32 Å². The Morgan fingerprint density at radius 1 is 0.382 bits per heavy atom. The van der Waals surface area contributed by atoms with Gasteiger partial charge in [0.05, 0.1) is 5.69 Å². The third-order valence-electron chi connectivity index (χ3n) is 10.9. The van der Waals surface area contributed by atoms with Crippen molar-refractivity contribution < 1.29 is 4.42 Å². The zero-order chi connectivity index (χ0) is 36.3. The van der Waals surface area contributed by atoms with Crippen LogP contribution in [-0.4, -0.2) is 0 Å². The number of para-hydroxylation sites is 1. The van der Waals surface area contributed by atoms with Gasteiger partial charge in [-0.3, -0.25) is 0 Å². The predicted molar refractivity (Wildman–Crippen MR) is 235 cm³/mol. The molecule has 11 aromatic rings. The Morgan fingerprint density at radius 2 is 1.00 bits per heavy atom. The van der Waals surface area contributed by atoms with Crippen LogP contribution >= 0.6 is 11.3 Å². The number of thiophene rings is 1. The summed E-state index contributed by atoms with van der Waals surface area (Å²) in [6.45, 7) is 0. The van der Waals surface area contributed by atoms with Crippen LogP contribution in [0.15, 0.2) is 205 Å². The summed E-state index contributed by atoms with van der Waals surface area (Å²) in [5.41, 5.74) is 12.1. The molecule has 0 atom stereocenters. The first-order chi connectivity index (χ1) is 27.3. The van der Waals surface area contributed by atoms with Crippen LogP contribution in [0.5, 0.6) is 0 Å². The zero-order valence-corrected chi connectivity index (χ0v) is 30.6. The van der Waals surface area contributed by atoms with Gasteiger partial charge in [-0.15, -0.1) is 11.3 Å². The maximum atomic E-state index is 6.64. The Hall–Kier alpha value is -6.94. The van der Waals surface area contributed by atoms with Crippen molar-refractivity contribution in [2.75, 3.05) is 4.90 Å². The monoisotopic (exact) mass is 719 g/mol. The van der Waals surface area contributed by atoms with E-state index >= 15 is 0 Å². The molecule has 0 N–H and O–H groups in total. The molecular formula is C52H33NOS. The number of furan rings is 1. The Morgan fingerprint density at radius 3 is 1.82 bits per heavy atom. The molecule has 55 heavy (non-hydrogen) atoms. The zero-order valence-electron chi connectivity index (χ0n) is 29.8. The fourth-order valence-electron chi connectivity index (χ4n) is 8.24. The summed E-state index contributed by atoms with van der Waals surface area (Å²) in [5, 5.41) is 7.18. The molecule has 0 saturated carbocycles. The van der Waals surface area contributed by atoms with Crippen molar-refractivity contribution >= 4 is 81.3 Å². The van der Waals surface area contributed by atoms with E-state index in [-0.39, 0.29) is 0 Å². The van der Waals surface area contributed by atoms with Crippen molar-refractivity contribution in [2.45, 2.75) is 0 Å². The lowest BCUT2D eigenvalue weighted by Gasteiger charge is -2.28. The van der Waals surface area contributed by atoms with Crippen LogP contribution in [0.3, 0.4) is 0 Å². The van der Waals surface area contributed by atoms with E-state index < -0.39 is 0 Å². The minimum atomic E-state index is 0.886. The average molecular weight is 720 g/mol. The highest BCUT2D eigenvalue weighted by atomic mass is 32.1. The molecule has 2 nitrogen and oxygen atoms in total. The van der Waals surface area contributed by atoms with E-state index in [9.17, 15) is 0 Å². The van der Waals surface area contributed by atoms with Gasteiger partial charge in [0.1, 0.15) is 11.2 Å². The van der Waals surface area contributed by atoms with Gasteiger partial charge in [0, 0.05) is 53.3 Å². The molecule has 0 spiro atoms. The number of hydrogen-bond acceptors (Lipinski definition) is 3. The minimum absolute atomic E-state index is 0.886. The predicted octanol–water partition coefficient (Wildman–Crippen LogP) is 15.6. The number of anilines is 3. The van der Waals surface area contributed by atoms with Crippen molar-refractivity contribution in [3.63, 3.8) is 0 Å². The molecule has 0 aliphatic heterocycles. The summed E-state index contributed by atoms with van der Waals surface area (Å²) in [6, 6.07) is 72.2. The van der Waals surface area contributed by atoms with Crippen molar-refractivity contribution in [2.24, 2.45) is 0 Å². The van der Waals surface area contributed by atoms with Crippen LogP contribution in [-0.2, 0) is 0 Å². The first-order valence-electron chi connectivity index (χ1n) is 18.7. The van der Waals surface area contributed by atoms with Crippen molar-refractivity contribution in [1.82, 2.24) is 0 Å². The van der Waals surface area contributed by atoms with Gasteiger partial charge >= 0.3 is 0 Å². The quantitative estimate of drug-likeness (QED) is 0.170. The van der Waals surface area contributed by atoms with Gasteiger partial charge in [-0.2, -0.15) is 0 Å². The summed E-state index contributed by atoms with van der Waals surface area (Å²) in [4.78, 5) is 2.39. The molecule has 0 fully saturated rings. The van der Waals surface area contributed by atoms with Crippen molar-refractivity contribution in [3.8, 4) is 33.4 Å². The molecule has 2 heterocycles. The minimum Gasteiger partial charge on any atom is -0.455 e. The van der Waals surface area contributed by atoms with E-state index in [1.807, 2.05) is 11.3 Å². The van der Waals surface area contributed by atoms with Crippen molar-refractivity contribution in [3.05, 3.63) is 200 Å². The molecule has 0 aliphatic rings. The van der Waals surface area contributed by atoms with E-state index in [4.69, 9.17) is 4.42 Å². The number of fused-ring (bicyclic) bond motifs is 8. The van der Waals surface area contributed by atoms with Crippen LogP contribution in [0.4, 0.5) is 17.1 Å². The smallest absolute Gasteiger partial charge is 0.143 e. The number of rotatable bonds is 6. The lowest BCUT2D eigenvalue weighted by atomic mass is 9.96. The normalized spacial score (nSPS) is 11.6. The molecule has 0 unspecified atom stereocenters. The summed E-state index contributed by atoms with van der Waals surface area (Å²) >= 11 is 1.86. The fraction of sp³-hybridized carbons (Fsp3) is 0. The topological polar surface area (TPSA) is 16.4 Å². The molecule has 0 bridgehead atoms. The largest absolute Gasteiger partial charge is 0.455 e. The van der Waals surface area contributed by atoms with Gasteiger partial charge in [0.2, 0.25) is 0 Å². The maximum absolute atomic E-state index is 6.64. The van der Waals surface area contributed by atoms with Crippen LogP contribution in [0, 0.1) is 0 Å². The SMILES string of the molecule is c1ccc(-c2ccc(N(c3ccc(-c4ccc5sc6ccccc6c5c4)cc3)c3ccccc3-c3cccc4oc5c6ccccc6ccc5c34)cc2)cc1. The van der Waals surface area contributed by atoms with Gasteiger partial charge in [-0.05, 0) is 93.9 Å². The Labute approximate surface area is 322 Å². The standard InChI is InChI=1S/C52H33NOS/c1-2-11-34(12-3-1)35-21-27-39(28-22-35)53(40-29-23-36(24-30-40)38-26-32-50-46(33-38)43-16-7-9-20-49(43)55-50)47-18-8-6-15-42(47)44-17-10-19-48-51(44)45-31-25-37-13-4-5-14-41(37)52(45)54-48/h1-33H. The van der Waals surface area contributed by atoms with Gasteiger partial charge in [-0.25, -0.2) is 0 Å². The molecule has 2 aromatic heterocycles. The van der Waals surface area contributed by atoms with Crippen LogP contribution < -0.4 is 4.90 Å². The van der Waals surface area contributed by atoms with E-state index in [1.54, 1.807) is 0 Å². The van der Waals surface area contributed by atoms with E-state index in [0.29, 0.717) is 0 Å². The van der Waals surface area contributed by atoms with Crippen LogP contribution in [0.2, 0.25) is 0 Å². The Bertz CT molecular complexity index is 3190. The number of hydrogen-bond donors (Lipinski definition) is 0.